The number of hydrogen-bond acceptors (Lipinski definition) is 5. The van der Waals surface area contributed by atoms with E-state index in [2.05, 4.69) is 55.6 Å². The Hall–Kier alpha value is -1.74. The summed E-state index contributed by atoms with van der Waals surface area (Å²) in [5, 5.41) is 23.2. The Bertz CT molecular complexity index is 927. The Kier molecular flexibility index (Phi) is 30.6. The third-order valence-corrected chi connectivity index (χ3v) is 8.84. The van der Waals surface area contributed by atoms with Gasteiger partial charge in [0.15, 0.2) is 0 Å². The molecule has 0 saturated carbocycles. The predicted octanol–water partition coefficient (Wildman–Crippen LogP) is 9.32. The molecular weight excluding hydrogens is 598 g/mol. The number of aliphatic hydroxyl groups excluding tert-OH is 2. The van der Waals surface area contributed by atoms with E-state index in [0.717, 1.165) is 44.9 Å². The number of hydrogen-bond donors (Lipinski definition) is 4. The monoisotopic (exact) mass is 667 g/mol. The lowest BCUT2D eigenvalue weighted by Gasteiger charge is -2.22. The minimum atomic E-state index is -4.46. The zero-order valence-corrected chi connectivity index (χ0v) is 30.1. The number of carbonyl (C=O) groups is 1. The molecule has 0 aliphatic heterocycles. The molecule has 0 aromatic rings. The van der Waals surface area contributed by atoms with Crippen molar-refractivity contribution in [3.05, 3.63) is 48.6 Å². The van der Waals surface area contributed by atoms with Gasteiger partial charge in [0.1, 0.15) is 6.10 Å². The first-order valence-corrected chi connectivity index (χ1v) is 20.1. The van der Waals surface area contributed by atoms with Gasteiger partial charge >= 0.3 is 0 Å². The molecule has 268 valence electrons. The third kappa shape index (κ3) is 30.9. The maximum Gasteiger partial charge on any atom is 0.267 e. The normalized spacial score (nSPS) is 14.6. The summed E-state index contributed by atoms with van der Waals surface area (Å²) < 4.78 is 32.4. The third-order valence-electron chi connectivity index (χ3n) is 8.06. The van der Waals surface area contributed by atoms with Crippen molar-refractivity contribution in [3.63, 3.8) is 0 Å². The van der Waals surface area contributed by atoms with E-state index < -0.39 is 40.0 Å². The molecule has 4 N–H and O–H groups in total. The standard InChI is InChI=1S/C38H69NO6S/c1-3-5-7-9-11-13-15-17-18-19-20-21-23-24-26-28-30-32-36(40)35(34-46(43,44)45)39-38(42)37(41)33-31-29-27-25-22-16-14-12-10-8-6-4-2/h18-19,22-25,30,32,35-37,40-41H,3-17,20-21,26-29,31,33-34H2,1-2H3,(H,39,42)(H,43,44,45)/b19-18+,24-23+,25-22-,32-30+. The molecule has 46 heavy (non-hydrogen) atoms. The van der Waals surface area contributed by atoms with E-state index in [1.807, 2.05) is 0 Å². The first kappa shape index (κ1) is 44.3. The molecule has 0 saturated heterocycles. The zero-order valence-electron chi connectivity index (χ0n) is 29.3. The second-order valence-corrected chi connectivity index (χ2v) is 14.1. The van der Waals surface area contributed by atoms with Gasteiger partial charge in [0.05, 0.1) is 17.9 Å². The highest BCUT2D eigenvalue weighted by atomic mass is 32.2. The summed E-state index contributed by atoms with van der Waals surface area (Å²) in [5.41, 5.74) is 0. The van der Waals surface area contributed by atoms with Crippen LogP contribution < -0.4 is 5.32 Å². The molecule has 3 unspecified atom stereocenters. The molecule has 0 radical (unpaired) electrons. The van der Waals surface area contributed by atoms with Crippen molar-refractivity contribution in [2.75, 3.05) is 5.75 Å². The van der Waals surface area contributed by atoms with E-state index >= 15 is 0 Å². The van der Waals surface area contributed by atoms with Gasteiger partial charge in [-0.3, -0.25) is 9.35 Å². The molecule has 3 atom stereocenters. The van der Waals surface area contributed by atoms with E-state index in [1.54, 1.807) is 6.08 Å². The van der Waals surface area contributed by atoms with Crippen LogP contribution in [0.3, 0.4) is 0 Å². The predicted molar refractivity (Wildman–Crippen MR) is 194 cm³/mol. The molecule has 8 heteroatoms. The van der Waals surface area contributed by atoms with Crippen LogP contribution in [0.15, 0.2) is 48.6 Å². The topological polar surface area (TPSA) is 124 Å². The fourth-order valence-corrected chi connectivity index (χ4v) is 5.92. The molecule has 7 nitrogen and oxygen atoms in total. The summed E-state index contributed by atoms with van der Waals surface area (Å²) in [6, 6.07) is -1.26. The van der Waals surface area contributed by atoms with E-state index in [9.17, 15) is 28.0 Å². The van der Waals surface area contributed by atoms with Gasteiger partial charge in [0.2, 0.25) is 5.91 Å². The molecule has 0 spiro atoms. The maximum atomic E-state index is 12.5. The van der Waals surface area contributed by atoms with Crippen molar-refractivity contribution in [2.24, 2.45) is 0 Å². The van der Waals surface area contributed by atoms with Crippen LogP contribution in [0.2, 0.25) is 0 Å². The summed E-state index contributed by atoms with van der Waals surface area (Å²) in [6.07, 6.45) is 38.8. The van der Waals surface area contributed by atoms with Crippen molar-refractivity contribution >= 4 is 16.0 Å². The molecule has 0 aromatic heterocycles. The molecule has 0 heterocycles. The zero-order chi connectivity index (χ0) is 34.1. The Morgan fingerprint density at radius 1 is 0.587 bits per heavy atom. The number of aliphatic hydroxyl groups is 2. The second kappa shape index (κ2) is 31.8. The number of amides is 1. The first-order chi connectivity index (χ1) is 22.2. The highest BCUT2D eigenvalue weighted by Gasteiger charge is 2.27. The average Bonchev–Trinajstić information content (AvgIpc) is 3.01. The molecular formula is C38H69NO6S. The van der Waals surface area contributed by atoms with Crippen molar-refractivity contribution in [1.29, 1.82) is 0 Å². The Labute approximate surface area is 282 Å². The molecule has 0 aromatic carbocycles. The maximum absolute atomic E-state index is 12.5. The first-order valence-electron chi connectivity index (χ1n) is 18.4. The fraction of sp³-hybridized carbons (Fsp3) is 0.763. The van der Waals surface area contributed by atoms with Crippen LogP contribution in [0.4, 0.5) is 0 Å². The lowest BCUT2D eigenvalue weighted by atomic mass is 10.1. The van der Waals surface area contributed by atoms with Gasteiger partial charge in [-0.25, -0.2) is 0 Å². The van der Waals surface area contributed by atoms with E-state index in [-0.39, 0.29) is 6.42 Å². The van der Waals surface area contributed by atoms with Crippen LogP contribution in [0.5, 0.6) is 0 Å². The van der Waals surface area contributed by atoms with Crippen molar-refractivity contribution < 1.29 is 28.0 Å². The molecule has 0 bridgehead atoms. The minimum absolute atomic E-state index is 0.239. The fourth-order valence-electron chi connectivity index (χ4n) is 5.19. The lowest BCUT2D eigenvalue weighted by Crippen LogP contribution is -2.50. The smallest absolute Gasteiger partial charge is 0.267 e. The van der Waals surface area contributed by atoms with Gasteiger partial charge in [0, 0.05) is 0 Å². The van der Waals surface area contributed by atoms with Crippen LogP contribution in [0.25, 0.3) is 0 Å². The van der Waals surface area contributed by atoms with Crippen LogP contribution in [-0.4, -0.2) is 53.1 Å². The van der Waals surface area contributed by atoms with E-state index in [0.29, 0.717) is 12.8 Å². The van der Waals surface area contributed by atoms with E-state index in [4.69, 9.17) is 0 Å². The Morgan fingerprint density at radius 3 is 1.43 bits per heavy atom. The number of allylic oxidation sites excluding steroid dienone is 7. The Morgan fingerprint density at radius 2 is 0.978 bits per heavy atom. The summed E-state index contributed by atoms with van der Waals surface area (Å²) in [7, 11) is -4.46. The van der Waals surface area contributed by atoms with Crippen LogP contribution in [-0.2, 0) is 14.9 Å². The van der Waals surface area contributed by atoms with Crippen molar-refractivity contribution in [2.45, 2.75) is 180 Å². The van der Waals surface area contributed by atoms with Gasteiger partial charge in [0.25, 0.3) is 10.1 Å². The summed E-state index contributed by atoms with van der Waals surface area (Å²) in [4.78, 5) is 12.5. The highest BCUT2D eigenvalue weighted by molar-refractivity contribution is 7.85. The van der Waals surface area contributed by atoms with Gasteiger partial charge in [-0.05, 0) is 70.6 Å². The molecule has 0 rings (SSSR count). The summed E-state index contributed by atoms with van der Waals surface area (Å²) in [6.45, 7) is 4.46. The number of rotatable bonds is 32. The van der Waals surface area contributed by atoms with Crippen molar-refractivity contribution in [3.8, 4) is 0 Å². The molecule has 1 amide bonds. The highest BCUT2D eigenvalue weighted by Crippen LogP contribution is 2.11. The lowest BCUT2D eigenvalue weighted by molar-refractivity contribution is -0.130. The molecule has 0 fully saturated rings. The minimum Gasteiger partial charge on any atom is -0.387 e. The van der Waals surface area contributed by atoms with Gasteiger partial charge < -0.3 is 15.5 Å². The van der Waals surface area contributed by atoms with E-state index in [1.165, 1.54) is 89.5 Å². The molecule has 0 aliphatic carbocycles. The van der Waals surface area contributed by atoms with Gasteiger partial charge in [-0.15, -0.1) is 0 Å². The quantitative estimate of drug-likeness (QED) is 0.0322. The molecule has 0 aliphatic rings. The van der Waals surface area contributed by atoms with Crippen LogP contribution >= 0.6 is 0 Å². The van der Waals surface area contributed by atoms with Crippen LogP contribution in [0, 0.1) is 0 Å². The largest absolute Gasteiger partial charge is 0.387 e. The van der Waals surface area contributed by atoms with Crippen molar-refractivity contribution in [1.82, 2.24) is 5.32 Å². The number of unbranched alkanes of at least 4 members (excludes halogenated alkanes) is 17. The summed E-state index contributed by atoms with van der Waals surface area (Å²) in [5.74, 6) is -1.59. The second-order valence-electron chi connectivity index (χ2n) is 12.6. The van der Waals surface area contributed by atoms with Crippen LogP contribution in [0.1, 0.15) is 162 Å². The average molecular weight is 668 g/mol. The van der Waals surface area contributed by atoms with Gasteiger partial charge in [-0.1, -0.05) is 140 Å². The van der Waals surface area contributed by atoms with Gasteiger partial charge in [-0.2, -0.15) is 8.42 Å². The Balaban J connectivity index is 4.25. The summed E-state index contributed by atoms with van der Waals surface area (Å²) >= 11 is 0. The number of carbonyl (C=O) groups excluding carboxylic acids is 1. The number of nitrogens with one attached hydrogen (secondary N) is 1. The SMILES string of the molecule is CCCCCCCC/C=C\CCCCC(O)C(=O)NC(CS(=O)(=O)O)C(O)/C=C/CC/C=C/CC/C=C/CCCCCCCCC.